The van der Waals surface area contributed by atoms with Crippen molar-refractivity contribution in [2.45, 2.75) is 51.2 Å². The van der Waals surface area contributed by atoms with E-state index in [1.807, 2.05) is 23.6 Å². The summed E-state index contributed by atoms with van der Waals surface area (Å²) in [6.45, 7) is 3.82. The van der Waals surface area contributed by atoms with Crippen LogP contribution in [-0.4, -0.2) is 44.5 Å². The first-order valence-electron chi connectivity index (χ1n) is 8.22. The standard InChI is InChI=1S/C16H26N4O2/c1-12-13(10-18-19(12)2)9-17-15(21)20-8-7-16(22)6-4-3-5-14(16)11-20/h10,14,22H,3-9,11H2,1-2H3,(H,17,21). The van der Waals surface area contributed by atoms with Gasteiger partial charge in [0.15, 0.2) is 0 Å². The second-order valence-electron chi connectivity index (χ2n) is 6.78. The van der Waals surface area contributed by atoms with Gasteiger partial charge < -0.3 is 15.3 Å². The third-order valence-electron chi connectivity index (χ3n) is 5.48. The van der Waals surface area contributed by atoms with Crippen molar-refractivity contribution in [3.05, 3.63) is 17.5 Å². The van der Waals surface area contributed by atoms with Gasteiger partial charge >= 0.3 is 6.03 Å². The summed E-state index contributed by atoms with van der Waals surface area (Å²) in [5.74, 6) is 0.237. The molecule has 1 aromatic heterocycles. The summed E-state index contributed by atoms with van der Waals surface area (Å²) in [6.07, 6.45) is 6.70. The van der Waals surface area contributed by atoms with Crippen molar-refractivity contribution in [1.82, 2.24) is 20.0 Å². The minimum Gasteiger partial charge on any atom is -0.389 e. The number of nitrogens with one attached hydrogen (secondary N) is 1. The van der Waals surface area contributed by atoms with E-state index in [4.69, 9.17) is 0 Å². The molecular formula is C16H26N4O2. The van der Waals surface area contributed by atoms with Crippen LogP contribution in [0.25, 0.3) is 0 Å². The van der Waals surface area contributed by atoms with Crippen molar-refractivity contribution in [2.24, 2.45) is 13.0 Å². The zero-order valence-corrected chi connectivity index (χ0v) is 13.5. The molecule has 6 heteroatoms. The van der Waals surface area contributed by atoms with Crippen LogP contribution in [0, 0.1) is 12.8 Å². The van der Waals surface area contributed by atoms with E-state index in [9.17, 15) is 9.90 Å². The van der Waals surface area contributed by atoms with E-state index in [0.29, 0.717) is 26.1 Å². The number of hydrogen-bond donors (Lipinski definition) is 2. The number of aromatic nitrogens is 2. The molecule has 2 unspecified atom stereocenters. The number of nitrogens with zero attached hydrogens (tertiary/aromatic N) is 3. The molecule has 0 spiro atoms. The van der Waals surface area contributed by atoms with Crippen molar-refractivity contribution in [3.63, 3.8) is 0 Å². The maximum atomic E-state index is 12.4. The van der Waals surface area contributed by atoms with Crippen molar-refractivity contribution < 1.29 is 9.90 Å². The Kier molecular flexibility index (Phi) is 4.12. The summed E-state index contributed by atoms with van der Waals surface area (Å²) in [5.41, 5.74) is 1.58. The quantitative estimate of drug-likeness (QED) is 0.871. The molecule has 2 N–H and O–H groups in total. The fourth-order valence-corrected chi connectivity index (χ4v) is 3.76. The lowest BCUT2D eigenvalue weighted by Gasteiger charge is -2.47. The maximum absolute atomic E-state index is 12.4. The number of fused-ring (bicyclic) bond motifs is 1. The Labute approximate surface area is 131 Å². The van der Waals surface area contributed by atoms with Gasteiger partial charge in [-0.05, 0) is 26.2 Å². The molecule has 2 fully saturated rings. The van der Waals surface area contributed by atoms with Crippen LogP contribution in [0.5, 0.6) is 0 Å². The number of likely N-dealkylation sites (tertiary alicyclic amines) is 1. The van der Waals surface area contributed by atoms with Crippen LogP contribution >= 0.6 is 0 Å². The molecule has 6 nitrogen and oxygen atoms in total. The van der Waals surface area contributed by atoms with Crippen LogP contribution in [0.15, 0.2) is 6.20 Å². The Balaban J connectivity index is 1.56. The highest BCUT2D eigenvalue weighted by molar-refractivity contribution is 5.74. The largest absolute Gasteiger partial charge is 0.389 e. The molecule has 22 heavy (non-hydrogen) atoms. The molecule has 1 saturated carbocycles. The van der Waals surface area contributed by atoms with Crippen LogP contribution in [-0.2, 0) is 13.6 Å². The van der Waals surface area contributed by atoms with Gasteiger partial charge in [-0.1, -0.05) is 12.8 Å². The highest BCUT2D eigenvalue weighted by Crippen LogP contribution is 2.39. The first-order valence-corrected chi connectivity index (χ1v) is 8.22. The van der Waals surface area contributed by atoms with E-state index in [0.717, 1.165) is 36.9 Å². The molecule has 122 valence electrons. The molecule has 1 saturated heterocycles. The van der Waals surface area contributed by atoms with Gasteiger partial charge in [0.25, 0.3) is 0 Å². The van der Waals surface area contributed by atoms with Gasteiger partial charge in [-0.25, -0.2) is 4.79 Å². The molecule has 1 aromatic rings. The summed E-state index contributed by atoms with van der Waals surface area (Å²) >= 11 is 0. The molecule has 0 bridgehead atoms. The van der Waals surface area contributed by atoms with E-state index in [1.165, 1.54) is 0 Å². The minimum absolute atomic E-state index is 0.0316. The minimum atomic E-state index is -0.533. The maximum Gasteiger partial charge on any atom is 0.317 e. The second-order valence-corrected chi connectivity index (χ2v) is 6.78. The highest BCUT2D eigenvalue weighted by Gasteiger charge is 2.43. The van der Waals surface area contributed by atoms with Gasteiger partial charge in [0.05, 0.1) is 11.8 Å². The average molecular weight is 306 g/mol. The van der Waals surface area contributed by atoms with Crippen molar-refractivity contribution in [3.8, 4) is 0 Å². The lowest BCUT2D eigenvalue weighted by atomic mass is 9.71. The highest BCUT2D eigenvalue weighted by atomic mass is 16.3. The Morgan fingerprint density at radius 3 is 3.05 bits per heavy atom. The van der Waals surface area contributed by atoms with Crippen LogP contribution < -0.4 is 5.32 Å². The number of carbonyl (C=O) groups excluding carboxylic acids is 1. The number of carbonyl (C=O) groups is 1. The zero-order chi connectivity index (χ0) is 15.7. The van der Waals surface area contributed by atoms with Gasteiger partial charge in [-0.2, -0.15) is 5.10 Å². The zero-order valence-electron chi connectivity index (χ0n) is 13.5. The number of piperidine rings is 1. The van der Waals surface area contributed by atoms with Crippen LogP contribution in [0.4, 0.5) is 4.79 Å². The molecule has 2 heterocycles. The summed E-state index contributed by atoms with van der Waals surface area (Å²) in [6, 6.07) is -0.0316. The summed E-state index contributed by atoms with van der Waals surface area (Å²) in [5, 5.41) is 17.8. The molecule has 3 rings (SSSR count). The molecule has 2 atom stereocenters. The van der Waals surface area contributed by atoms with E-state index >= 15 is 0 Å². The van der Waals surface area contributed by atoms with Gasteiger partial charge in [0, 0.05) is 43.9 Å². The molecule has 0 aromatic carbocycles. The second kappa shape index (κ2) is 5.91. The number of aryl methyl sites for hydroxylation is 1. The first kappa shape index (κ1) is 15.3. The van der Waals surface area contributed by atoms with E-state index in [2.05, 4.69) is 10.4 Å². The Morgan fingerprint density at radius 2 is 2.32 bits per heavy atom. The van der Waals surface area contributed by atoms with Gasteiger partial charge in [0.1, 0.15) is 0 Å². The molecule has 2 amide bonds. The van der Waals surface area contributed by atoms with Gasteiger partial charge in [0.2, 0.25) is 0 Å². The van der Waals surface area contributed by atoms with E-state index < -0.39 is 5.60 Å². The predicted molar refractivity (Wildman–Crippen MR) is 83.3 cm³/mol. The van der Waals surface area contributed by atoms with E-state index in [-0.39, 0.29) is 11.9 Å². The monoisotopic (exact) mass is 306 g/mol. The molecule has 1 aliphatic heterocycles. The molecular weight excluding hydrogens is 280 g/mol. The number of amides is 2. The molecule has 1 aliphatic carbocycles. The number of aliphatic hydroxyl groups is 1. The fraction of sp³-hybridized carbons (Fsp3) is 0.750. The number of rotatable bonds is 2. The first-order chi connectivity index (χ1) is 10.5. The Hall–Kier alpha value is -1.56. The lowest BCUT2D eigenvalue weighted by molar-refractivity contribution is -0.0870. The van der Waals surface area contributed by atoms with Crippen molar-refractivity contribution in [1.29, 1.82) is 0 Å². The normalized spacial score (nSPS) is 28.3. The number of hydrogen-bond acceptors (Lipinski definition) is 3. The fourth-order valence-electron chi connectivity index (χ4n) is 3.76. The predicted octanol–water partition coefficient (Wildman–Crippen LogP) is 1.57. The summed E-state index contributed by atoms with van der Waals surface area (Å²) < 4.78 is 1.81. The third-order valence-corrected chi connectivity index (χ3v) is 5.48. The van der Waals surface area contributed by atoms with E-state index in [1.54, 1.807) is 6.20 Å². The van der Waals surface area contributed by atoms with Crippen LogP contribution in [0.1, 0.15) is 43.4 Å². The molecule has 2 aliphatic rings. The Bertz CT molecular complexity index is 556. The summed E-state index contributed by atoms with van der Waals surface area (Å²) in [7, 11) is 1.90. The van der Waals surface area contributed by atoms with Crippen molar-refractivity contribution >= 4 is 6.03 Å². The summed E-state index contributed by atoms with van der Waals surface area (Å²) in [4.78, 5) is 14.2. The van der Waals surface area contributed by atoms with Crippen LogP contribution in [0.2, 0.25) is 0 Å². The topological polar surface area (TPSA) is 70.4 Å². The Morgan fingerprint density at radius 1 is 1.50 bits per heavy atom. The number of urea groups is 1. The smallest absolute Gasteiger partial charge is 0.317 e. The SMILES string of the molecule is Cc1c(CNC(=O)N2CCC3(O)CCCCC3C2)cnn1C. The van der Waals surface area contributed by atoms with Crippen molar-refractivity contribution in [2.75, 3.05) is 13.1 Å². The lowest BCUT2D eigenvalue weighted by Crippen LogP contribution is -2.56. The van der Waals surface area contributed by atoms with Gasteiger partial charge in [-0.3, -0.25) is 4.68 Å². The van der Waals surface area contributed by atoms with Gasteiger partial charge in [-0.15, -0.1) is 0 Å². The molecule has 0 radical (unpaired) electrons. The van der Waals surface area contributed by atoms with Crippen LogP contribution in [0.3, 0.4) is 0 Å². The average Bonchev–Trinajstić information content (AvgIpc) is 2.83. The third kappa shape index (κ3) is 2.84.